The second-order valence-corrected chi connectivity index (χ2v) is 4.92. The Morgan fingerprint density at radius 3 is 2.84 bits per heavy atom. The fraction of sp³-hybridized carbons (Fsp3) is 0.538. The van der Waals surface area contributed by atoms with Gasteiger partial charge in [0, 0.05) is 19.2 Å². The second-order valence-electron chi connectivity index (χ2n) is 4.92. The van der Waals surface area contributed by atoms with Crippen molar-refractivity contribution in [3.05, 3.63) is 33.9 Å². The van der Waals surface area contributed by atoms with Gasteiger partial charge in [0.2, 0.25) is 0 Å². The van der Waals surface area contributed by atoms with Crippen molar-refractivity contribution < 1.29 is 15.1 Å². The van der Waals surface area contributed by atoms with Crippen LogP contribution in [0.5, 0.6) is 0 Å². The highest BCUT2D eigenvalue weighted by Gasteiger charge is 2.25. The maximum absolute atomic E-state index is 11.2. The van der Waals surface area contributed by atoms with E-state index in [2.05, 4.69) is 0 Å². The lowest BCUT2D eigenvalue weighted by Crippen LogP contribution is -2.38. The molecule has 0 amide bonds. The van der Waals surface area contributed by atoms with Crippen LogP contribution >= 0.6 is 0 Å². The molecule has 1 heterocycles. The summed E-state index contributed by atoms with van der Waals surface area (Å²) in [5.41, 5.74) is 1.01. The van der Waals surface area contributed by atoms with Gasteiger partial charge < -0.3 is 15.1 Å². The van der Waals surface area contributed by atoms with Gasteiger partial charge in [0.15, 0.2) is 0 Å². The van der Waals surface area contributed by atoms with Crippen molar-refractivity contribution in [1.29, 1.82) is 0 Å². The molecular formula is C13H18N2O4. The molecule has 0 aromatic heterocycles. The number of nitro benzene ring substituents is 1. The van der Waals surface area contributed by atoms with Gasteiger partial charge in [-0.15, -0.1) is 0 Å². The van der Waals surface area contributed by atoms with Gasteiger partial charge in [0.05, 0.1) is 17.1 Å². The van der Waals surface area contributed by atoms with Gasteiger partial charge in [-0.2, -0.15) is 0 Å². The van der Waals surface area contributed by atoms with Crippen molar-refractivity contribution in [3.8, 4) is 0 Å². The Bertz CT molecular complexity index is 476. The lowest BCUT2D eigenvalue weighted by Gasteiger charge is -2.31. The molecule has 0 spiro atoms. The summed E-state index contributed by atoms with van der Waals surface area (Å²) in [6, 6.07) is 4.74. The fourth-order valence-corrected chi connectivity index (χ4v) is 2.39. The summed E-state index contributed by atoms with van der Waals surface area (Å²) in [5.74, 6) is 0. The molecule has 2 unspecified atom stereocenters. The topological polar surface area (TPSA) is 86.8 Å². The van der Waals surface area contributed by atoms with Crippen molar-refractivity contribution in [1.82, 2.24) is 0 Å². The molecule has 1 aromatic carbocycles. The highest BCUT2D eigenvalue weighted by Crippen LogP contribution is 2.32. The average molecular weight is 266 g/mol. The van der Waals surface area contributed by atoms with Crippen LogP contribution in [0.15, 0.2) is 18.2 Å². The smallest absolute Gasteiger partial charge is 0.292 e. The Kier molecular flexibility index (Phi) is 4.01. The Labute approximate surface area is 111 Å². The molecule has 1 fully saturated rings. The molecule has 1 saturated heterocycles. The molecule has 0 aliphatic carbocycles. The Balaban J connectivity index is 2.36. The van der Waals surface area contributed by atoms with Crippen LogP contribution in [0.25, 0.3) is 0 Å². The quantitative estimate of drug-likeness (QED) is 0.641. The van der Waals surface area contributed by atoms with E-state index in [4.69, 9.17) is 0 Å². The molecular weight excluding hydrogens is 248 g/mol. The molecule has 1 aromatic rings. The molecule has 104 valence electrons. The number of benzene rings is 1. The molecule has 19 heavy (non-hydrogen) atoms. The first-order valence-electron chi connectivity index (χ1n) is 6.38. The van der Waals surface area contributed by atoms with Crippen molar-refractivity contribution >= 4 is 11.4 Å². The van der Waals surface area contributed by atoms with Crippen LogP contribution in [-0.4, -0.2) is 34.3 Å². The van der Waals surface area contributed by atoms with E-state index in [0.717, 1.165) is 12.8 Å². The predicted molar refractivity (Wildman–Crippen MR) is 71.2 cm³/mol. The SMILES string of the molecule is CC(O)c1ccc(N2CCCC(O)C2)c([N+](=O)[O-])c1. The number of hydrogen-bond acceptors (Lipinski definition) is 5. The number of nitrogens with zero attached hydrogens (tertiary/aromatic N) is 2. The average Bonchev–Trinajstić information content (AvgIpc) is 2.37. The van der Waals surface area contributed by atoms with E-state index in [1.807, 2.05) is 4.90 Å². The summed E-state index contributed by atoms with van der Waals surface area (Å²) in [5, 5.41) is 30.3. The van der Waals surface area contributed by atoms with E-state index >= 15 is 0 Å². The van der Waals surface area contributed by atoms with Crippen LogP contribution in [0.2, 0.25) is 0 Å². The highest BCUT2D eigenvalue weighted by atomic mass is 16.6. The molecule has 0 bridgehead atoms. The van der Waals surface area contributed by atoms with Crippen LogP contribution in [0.1, 0.15) is 31.4 Å². The number of β-amino-alcohol motifs (C(OH)–C–C–N with tert-alkyl or cyclic N) is 1. The summed E-state index contributed by atoms with van der Waals surface area (Å²) in [6.45, 7) is 2.68. The molecule has 0 radical (unpaired) electrons. The minimum atomic E-state index is -0.736. The Morgan fingerprint density at radius 1 is 1.53 bits per heavy atom. The Morgan fingerprint density at radius 2 is 2.26 bits per heavy atom. The minimum absolute atomic E-state index is 0.0208. The number of aliphatic hydroxyl groups is 2. The maximum Gasteiger partial charge on any atom is 0.292 e. The van der Waals surface area contributed by atoms with Gasteiger partial charge in [-0.25, -0.2) is 0 Å². The zero-order valence-corrected chi connectivity index (χ0v) is 10.8. The number of anilines is 1. The zero-order chi connectivity index (χ0) is 14.0. The van der Waals surface area contributed by atoms with Crippen molar-refractivity contribution in [3.63, 3.8) is 0 Å². The summed E-state index contributed by atoms with van der Waals surface area (Å²) >= 11 is 0. The van der Waals surface area contributed by atoms with Gasteiger partial charge in [-0.3, -0.25) is 10.1 Å². The van der Waals surface area contributed by atoms with E-state index in [9.17, 15) is 20.3 Å². The standard InChI is InChI=1S/C13H18N2O4/c1-9(16)10-4-5-12(13(7-10)15(18)19)14-6-2-3-11(17)8-14/h4-5,7,9,11,16-17H,2-3,6,8H2,1H3. The van der Waals surface area contributed by atoms with E-state index in [-0.39, 0.29) is 5.69 Å². The van der Waals surface area contributed by atoms with Gasteiger partial charge in [-0.05, 0) is 31.4 Å². The van der Waals surface area contributed by atoms with Crippen LogP contribution in [-0.2, 0) is 0 Å². The van der Waals surface area contributed by atoms with Gasteiger partial charge >= 0.3 is 0 Å². The third kappa shape index (κ3) is 3.02. The van der Waals surface area contributed by atoms with E-state index in [1.54, 1.807) is 19.1 Å². The number of aliphatic hydroxyl groups excluding tert-OH is 2. The first-order valence-corrected chi connectivity index (χ1v) is 6.38. The van der Waals surface area contributed by atoms with Crippen molar-refractivity contribution in [2.24, 2.45) is 0 Å². The number of piperidine rings is 1. The maximum atomic E-state index is 11.2. The molecule has 2 atom stereocenters. The summed E-state index contributed by atoms with van der Waals surface area (Å²) in [7, 11) is 0. The molecule has 0 saturated carbocycles. The van der Waals surface area contributed by atoms with Gasteiger partial charge in [0.1, 0.15) is 5.69 Å². The molecule has 1 aliphatic rings. The predicted octanol–water partition coefficient (Wildman–Crippen LogP) is 1.61. The monoisotopic (exact) mass is 266 g/mol. The third-order valence-electron chi connectivity index (χ3n) is 3.42. The van der Waals surface area contributed by atoms with E-state index < -0.39 is 17.1 Å². The van der Waals surface area contributed by atoms with Crippen molar-refractivity contribution in [2.75, 3.05) is 18.0 Å². The van der Waals surface area contributed by atoms with E-state index in [1.165, 1.54) is 6.07 Å². The van der Waals surface area contributed by atoms with Crippen LogP contribution < -0.4 is 4.90 Å². The first-order chi connectivity index (χ1) is 8.99. The fourth-order valence-electron chi connectivity index (χ4n) is 2.39. The summed E-state index contributed by atoms with van der Waals surface area (Å²) < 4.78 is 0. The van der Waals surface area contributed by atoms with Crippen LogP contribution in [0, 0.1) is 10.1 Å². The number of hydrogen-bond donors (Lipinski definition) is 2. The van der Waals surface area contributed by atoms with Gasteiger partial charge in [-0.1, -0.05) is 6.07 Å². The van der Waals surface area contributed by atoms with E-state index in [0.29, 0.717) is 24.3 Å². The second kappa shape index (κ2) is 5.54. The molecule has 6 heteroatoms. The lowest BCUT2D eigenvalue weighted by molar-refractivity contribution is -0.384. The molecule has 6 nitrogen and oxygen atoms in total. The number of nitro groups is 1. The Hall–Kier alpha value is -1.66. The third-order valence-corrected chi connectivity index (χ3v) is 3.42. The normalized spacial score (nSPS) is 21.2. The molecule has 2 rings (SSSR count). The summed E-state index contributed by atoms with van der Waals surface area (Å²) in [4.78, 5) is 12.5. The first kappa shape index (κ1) is 13.8. The number of rotatable bonds is 3. The highest BCUT2D eigenvalue weighted by molar-refractivity contribution is 5.64. The molecule has 2 N–H and O–H groups in total. The largest absolute Gasteiger partial charge is 0.391 e. The van der Waals surface area contributed by atoms with Crippen LogP contribution in [0.3, 0.4) is 0 Å². The minimum Gasteiger partial charge on any atom is -0.391 e. The molecule has 1 aliphatic heterocycles. The van der Waals surface area contributed by atoms with Gasteiger partial charge in [0.25, 0.3) is 5.69 Å². The van der Waals surface area contributed by atoms with Crippen LogP contribution in [0.4, 0.5) is 11.4 Å². The lowest BCUT2D eigenvalue weighted by atomic mass is 10.0. The zero-order valence-electron chi connectivity index (χ0n) is 10.8. The van der Waals surface area contributed by atoms with Crippen molar-refractivity contribution in [2.45, 2.75) is 32.0 Å². The summed E-state index contributed by atoms with van der Waals surface area (Å²) in [6.07, 6.45) is 0.372.